The molecule has 0 aliphatic heterocycles. The van der Waals surface area contributed by atoms with Crippen LogP contribution >= 0.6 is 15.9 Å². The van der Waals surface area contributed by atoms with E-state index in [0.29, 0.717) is 11.4 Å². The van der Waals surface area contributed by atoms with Crippen LogP contribution in [-0.2, 0) is 14.3 Å². The Morgan fingerprint density at radius 3 is 2.31 bits per heavy atom. The fourth-order valence-electron chi connectivity index (χ4n) is 2.19. The van der Waals surface area contributed by atoms with Gasteiger partial charge in [-0.1, -0.05) is 28.1 Å². The van der Waals surface area contributed by atoms with Gasteiger partial charge in [0.1, 0.15) is 5.75 Å². The Kier molecular flexibility index (Phi) is 6.80. The van der Waals surface area contributed by atoms with E-state index in [1.54, 1.807) is 19.1 Å². The molecule has 0 aliphatic rings. The summed E-state index contributed by atoms with van der Waals surface area (Å²) in [4.78, 5) is 24.5. The van der Waals surface area contributed by atoms with Crippen LogP contribution in [0.25, 0.3) is 0 Å². The number of esters is 1. The molecule has 0 saturated heterocycles. The predicted molar refractivity (Wildman–Crippen MR) is 104 cm³/mol. The van der Waals surface area contributed by atoms with Gasteiger partial charge in [-0.05, 0) is 69.2 Å². The molecule has 6 heteroatoms. The van der Waals surface area contributed by atoms with E-state index in [-0.39, 0.29) is 5.91 Å². The Morgan fingerprint density at radius 1 is 1.00 bits per heavy atom. The topological polar surface area (TPSA) is 64.6 Å². The summed E-state index contributed by atoms with van der Waals surface area (Å²) in [6.45, 7) is 6.96. The van der Waals surface area contributed by atoms with E-state index in [4.69, 9.17) is 9.47 Å². The highest BCUT2D eigenvalue weighted by Gasteiger charge is 2.23. The zero-order valence-electron chi connectivity index (χ0n) is 15.2. The van der Waals surface area contributed by atoms with Gasteiger partial charge in [-0.2, -0.15) is 0 Å². The molecule has 0 spiro atoms. The number of anilines is 1. The first-order valence-corrected chi connectivity index (χ1v) is 9.06. The summed E-state index contributed by atoms with van der Waals surface area (Å²) in [5.41, 5.74) is 2.68. The second-order valence-corrected chi connectivity index (χ2v) is 7.02. The SMILES string of the molecule is Cc1ccc(C)c(NC(=O)[C@@H](C)OC(=O)[C@H](C)Oc2ccc(Br)cc2)c1. The third-order valence-corrected chi connectivity index (χ3v) is 4.30. The molecule has 0 radical (unpaired) electrons. The van der Waals surface area contributed by atoms with E-state index in [9.17, 15) is 9.59 Å². The molecule has 0 aromatic heterocycles. The zero-order valence-corrected chi connectivity index (χ0v) is 16.8. The molecule has 0 bridgehead atoms. The van der Waals surface area contributed by atoms with Gasteiger partial charge in [0.15, 0.2) is 12.2 Å². The second-order valence-electron chi connectivity index (χ2n) is 6.10. The number of carbonyl (C=O) groups excluding carboxylic acids is 2. The van der Waals surface area contributed by atoms with Crippen LogP contribution in [0.4, 0.5) is 5.69 Å². The van der Waals surface area contributed by atoms with Crippen molar-refractivity contribution in [2.75, 3.05) is 5.32 Å². The summed E-state index contributed by atoms with van der Waals surface area (Å²) in [6, 6.07) is 12.9. The van der Waals surface area contributed by atoms with Gasteiger partial charge in [-0.15, -0.1) is 0 Å². The average Bonchev–Trinajstić information content (AvgIpc) is 2.59. The summed E-state index contributed by atoms with van der Waals surface area (Å²) in [5, 5.41) is 2.79. The normalized spacial score (nSPS) is 12.8. The predicted octanol–water partition coefficient (Wildman–Crippen LogP) is 4.40. The third kappa shape index (κ3) is 5.59. The maximum atomic E-state index is 12.3. The highest BCUT2D eigenvalue weighted by atomic mass is 79.9. The summed E-state index contributed by atoms with van der Waals surface area (Å²) < 4.78 is 11.7. The highest BCUT2D eigenvalue weighted by Crippen LogP contribution is 2.19. The standard InChI is InChI=1S/C20H22BrNO4/c1-12-5-6-13(2)18(11-12)22-19(23)14(3)26-20(24)15(4)25-17-9-7-16(21)8-10-17/h5-11,14-15H,1-4H3,(H,22,23)/t14-,15+/m1/s1. The number of amides is 1. The number of hydrogen-bond donors (Lipinski definition) is 1. The van der Waals surface area contributed by atoms with Crippen molar-refractivity contribution in [1.29, 1.82) is 0 Å². The van der Waals surface area contributed by atoms with Crippen molar-refractivity contribution >= 4 is 33.5 Å². The molecule has 0 heterocycles. The molecule has 1 N–H and O–H groups in total. The van der Waals surface area contributed by atoms with Crippen molar-refractivity contribution in [2.45, 2.75) is 39.9 Å². The van der Waals surface area contributed by atoms with Crippen LogP contribution in [0.15, 0.2) is 46.9 Å². The van der Waals surface area contributed by atoms with Gasteiger partial charge < -0.3 is 14.8 Å². The molecule has 0 unspecified atom stereocenters. The van der Waals surface area contributed by atoms with Crippen LogP contribution in [-0.4, -0.2) is 24.1 Å². The van der Waals surface area contributed by atoms with E-state index in [1.807, 2.05) is 44.2 Å². The van der Waals surface area contributed by atoms with Crippen LogP contribution in [0.1, 0.15) is 25.0 Å². The van der Waals surface area contributed by atoms with E-state index in [2.05, 4.69) is 21.2 Å². The number of carbonyl (C=O) groups is 2. The molecule has 2 aromatic rings. The minimum Gasteiger partial charge on any atom is -0.479 e. The molecule has 0 saturated carbocycles. The van der Waals surface area contributed by atoms with Crippen molar-refractivity contribution in [3.8, 4) is 5.75 Å². The Hall–Kier alpha value is -2.34. The van der Waals surface area contributed by atoms with Crippen molar-refractivity contribution in [3.63, 3.8) is 0 Å². The molecular formula is C20H22BrNO4. The van der Waals surface area contributed by atoms with Gasteiger partial charge in [0.25, 0.3) is 5.91 Å². The largest absolute Gasteiger partial charge is 0.479 e. The first-order valence-electron chi connectivity index (χ1n) is 8.27. The molecular weight excluding hydrogens is 398 g/mol. The van der Waals surface area contributed by atoms with Crippen molar-refractivity contribution in [2.24, 2.45) is 0 Å². The Labute approximate surface area is 161 Å². The quantitative estimate of drug-likeness (QED) is 0.704. The number of halogens is 1. The van der Waals surface area contributed by atoms with Crippen molar-refractivity contribution in [1.82, 2.24) is 0 Å². The minimum absolute atomic E-state index is 0.386. The number of benzene rings is 2. The van der Waals surface area contributed by atoms with Crippen LogP contribution in [0.5, 0.6) is 5.75 Å². The summed E-state index contributed by atoms with van der Waals surface area (Å²) in [7, 11) is 0. The molecule has 26 heavy (non-hydrogen) atoms. The summed E-state index contributed by atoms with van der Waals surface area (Å²) in [5.74, 6) is -0.440. The average molecular weight is 420 g/mol. The Balaban J connectivity index is 1.91. The first kappa shape index (κ1) is 20.0. The van der Waals surface area contributed by atoms with Gasteiger partial charge in [0, 0.05) is 10.2 Å². The van der Waals surface area contributed by atoms with Gasteiger partial charge in [-0.25, -0.2) is 4.79 Å². The van der Waals surface area contributed by atoms with Crippen LogP contribution in [0.3, 0.4) is 0 Å². The summed E-state index contributed by atoms with van der Waals surface area (Å²) >= 11 is 3.33. The number of ether oxygens (including phenoxy) is 2. The van der Waals surface area contributed by atoms with Crippen molar-refractivity contribution < 1.29 is 19.1 Å². The maximum Gasteiger partial charge on any atom is 0.347 e. The van der Waals surface area contributed by atoms with Gasteiger partial charge in [0.05, 0.1) is 0 Å². The van der Waals surface area contributed by atoms with Crippen LogP contribution in [0.2, 0.25) is 0 Å². The third-order valence-electron chi connectivity index (χ3n) is 3.77. The van der Waals surface area contributed by atoms with E-state index in [1.165, 1.54) is 6.92 Å². The second kappa shape index (κ2) is 8.85. The maximum absolute atomic E-state index is 12.3. The number of nitrogens with one attached hydrogen (secondary N) is 1. The molecule has 138 valence electrons. The zero-order chi connectivity index (χ0) is 19.3. The number of aryl methyl sites for hydroxylation is 2. The molecule has 1 amide bonds. The highest BCUT2D eigenvalue weighted by molar-refractivity contribution is 9.10. The lowest BCUT2D eigenvalue weighted by Crippen LogP contribution is -2.35. The Morgan fingerprint density at radius 2 is 1.65 bits per heavy atom. The molecule has 5 nitrogen and oxygen atoms in total. The molecule has 2 aromatic carbocycles. The van der Waals surface area contributed by atoms with E-state index in [0.717, 1.165) is 15.6 Å². The van der Waals surface area contributed by atoms with Gasteiger partial charge >= 0.3 is 5.97 Å². The lowest BCUT2D eigenvalue weighted by atomic mass is 10.1. The lowest BCUT2D eigenvalue weighted by molar-refractivity contribution is -0.159. The van der Waals surface area contributed by atoms with Crippen LogP contribution in [0, 0.1) is 13.8 Å². The monoisotopic (exact) mass is 419 g/mol. The molecule has 2 atom stereocenters. The van der Waals surface area contributed by atoms with Gasteiger partial charge in [-0.3, -0.25) is 4.79 Å². The number of rotatable bonds is 6. The first-order chi connectivity index (χ1) is 12.3. The Bertz CT molecular complexity index is 789. The smallest absolute Gasteiger partial charge is 0.347 e. The van der Waals surface area contributed by atoms with E-state index < -0.39 is 18.2 Å². The fourth-order valence-corrected chi connectivity index (χ4v) is 2.46. The van der Waals surface area contributed by atoms with E-state index >= 15 is 0 Å². The van der Waals surface area contributed by atoms with Crippen molar-refractivity contribution in [3.05, 3.63) is 58.1 Å². The van der Waals surface area contributed by atoms with Crippen LogP contribution < -0.4 is 10.1 Å². The minimum atomic E-state index is -0.932. The molecule has 0 aliphatic carbocycles. The molecule has 2 rings (SSSR count). The number of hydrogen-bond acceptors (Lipinski definition) is 4. The fraction of sp³-hybridized carbons (Fsp3) is 0.300. The lowest BCUT2D eigenvalue weighted by Gasteiger charge is -2.18. The van der Waals surface area contributed by atoms with Gasteiger partial charge in [0.2, 0.25) is 0 Å². The molecule has 0 fully saturated rings. The summed E-state index contributed by atoms with van der Waals surface area (Å²) in [6.07, 6.45) is -1.76.